The zero-order chi connectivity index (χ0) is 31.1. The average molecular weight is 626 g/mol. The number of nitrogens with two attached hydrogens (primary N) is 1. The van der Waals surface area contributed by atoms with Crippen LogP contribution in [0.25, 0.3) is 10.8 Å². The summed E-state index contributed by atoms with van der Waals surface area (Å²) in [4.78, 5) is 46.8. The molecule has 13 heteroatoms. The number of carbonyl (C=O) groups is 3. The molecule has 3 fully saturated rings. The van der Waals surface area contributed by atoms with Gasteiger partial charge in [0.25, 0.3) is 5.91 Å². The van der Waals surface area contributed by atoms with Gasteiger partial charge in [0.15, 0.2) is 0 Å². The van der Waals surface area contributed by atoms with Crippen molar-refractivity contribution < 1.29 is 32.6 Å². The first-order chi connectivity index (χ1) is 21.1. The molecule has 2 saturated carbocycles. The van der Waals surface area contributed by atoms with Gasteiger partial charge in [-0.1, -0.05) is 31.1 Å². The maximum atomic E-state index is 13.9. The van der Waals surface area contributed by atoms with Crippen LogP contribution in [0.5, 0.6) is 5.88 Å². The number of hydrogen-bond acceptors (Lipinski definition) is 9. The zero-order valence-electron chi connectivity index (χ0n) is 24.5. The quantitative estimate of drug-likeness (QED) is 0.345. The van der Waals surface area contributed by atoms with Crippen molar-refractivity contribution in [2.24, 2.45) is 11.7 Å². The minimum absolute atomic E-state index is 0.0933. The lowest BCUT2D eigenvalue weighted by Crippen LogP contribution is -2.57. The van der Waals surface area contributed by atoms with Gasteiger partial charge in [-0.05, 0) is 67.7 Å². The topological polar surface area (TPSA) is 181 Å². The molecule has 44 heavy (non-hydrogen) atoms. The first-order valence-electron chi connectivity index (χ1n) is 15.4. The van der Waals surface area contributed by atoms with E-state index in [1.54, 1.807) is 12.3 Å². The minimum Gasteiger partial charge on any atom is -0.472 e. The van der Waals surface area contributed by atoms with Crippen LogP contribution in [0.4, 0.5) is 0 Å². The first kappa shape index (κ1) is 30.5. The number of aromatic nitrogens is 1. The van der Waals surface area contributed by atoms with Gasteiger partial charge >= 0.3 is 0 Å². The smallest absolute Gasteiger partial charge is 0.259 e. The fourth-order valence-electron chi connectivity index (χ4n) is 6.29. The fraction of sp³-hybridized carbons (Fsp3) is 0.548. The number of rotatable bonds is 6. The number of amides is 3. The van der Waals surface area contributed by atoms with Gasteiger partial charge in [0.2, 0.25) is 27.7 Å². The molecule has 1 aromatic carbocycles. The molecule has 12 nitrogen and oxygen atoms in total. The summed E-state index contributed by atoms with van der Waals surface area (Å²) in [6, 6.07) is 5.46. The summed E-state index contributed by atoms with van der Waals surface area (Å²) in [6.07, 6.45) is 10.0. The molecule has 1 saturated heterocycles. The summed E-state index contributed by atoms with van der Waals surface area (Å²) in [5.74, 6) is -1.70. The number of benzene rings is 1. The number of fused-ring (bicyclic) bond motifs is 3. The SMILES string of the molecule is N[C@H]1CCCCC/C=C\C2C[C@@]2(C(=O)NS(=O)(=O)C2CC2)NC(=O)[C@@H]2C[C@@H](Oc3nccc4cc(CO)ccc34)CN2C1=O. The number of pyridine rings is 1. The maximum absolute atomic E-state index is 13.9. The molecule has 0 bridgehead atoms. The van der Waals surface area contributed by atoms with Crippen LogP contribution < -0.4 is 20.5 Å². The molecule has 5 atom stereocenters. The van der Waals surface area contributed by atoms with E-state index >= 15 is 0 Å². The lowest BCUT2D eigenvalue weighted by atomic mass is 10.1. The number of nitrogens with zero attached hydrogens (tertiary/aromatic N) is 2. The number of ether oxygens (including phenoxy) is 1. The van der Waals surface area contributed by atoms with Crippen LogP contribution in [-0.4, -0.2) is 76.7 Å². The van der Waals surface area contributed by atoms with Crippen molar-refractivity contribution in [3.8, 4) is 5.88 Å². The first-order valence-corrected chi connectivity index (χ1v) is 16.9. The molecule has 3 amide bonds. The molecule has 2 aliphatic heterocycles. The lowest BCUT2D eigenvalue weighted by molar-refractivity contribution is -0.140. The summed E-state index contributed by atoms with van der Waals surface area (Å²) in [5, 5.41) is 13.3. The number of allylic oxidation sites excluding steroid dienone is 1. The molecule has 236 valence electrons. The molecule has 0 spiro atoms. The molecule has 6 rings (SSSR count). The Morgan fingerprint density at radius 1 is 1.18 bits per heavy atom. The van der Waals surface area contributed by atoms with Gasteiger partial charge in [0.05, 0.1) is 24.4 Å². The number of sulfonamides is 1. The molecule has 3 heterocycles. The van der Waals surface area contributed by atoms with E-state index in [1.165, 1.54) is 4.90 Å². The van der Waals surface area contributed by atoms with E-state index in [1.807, 2.05) is 30.4 Å². The molecule has 1 unspecified atom stereocenters. The van der Waals surface area contributed by atoms with Gasteiger partial charge < -0.3 is 25.8 Å². The molecule has 4 aliphatic rings. The fourth-order valence-corrected chi connectivity index (χ4v) is 7.66. The standard InChI is InChI=1S/C31H39N5O7S/c32-25-7-5-3-1-2-4-6-21-16-31(21,30(40)35-44(41,42)23-9-10-23)34-27(38)26-15-22(17-36(26)29(25)39)43-28-24-11-8-19(18-37)14-20(24)12-13-33-28/h4,6,8,11-14,21-23,25-26,37H,1-3,5,7,9-10,15-18,32H2,(H,34,38)(H,35,40)/b6-4-/t21?,22-,25+,26+,31-/m1/s1. The summed E-state index contributed by atoms with van der Waals surface area (Å²) in [7, 11) is -3.83. The summed E-state index contributed by atoms with van der Waals surface area (Å²) < 4.78 is 33.8. The van der Waals surface area contributed by atoms with E-state index in [0.717, 1.165) is 42.0 Å². The number of nitrogens with one attached hydrogen (secondary N) is 2. The summed E-state index contributed by atoms with van der Waals surface area (Å²) in [6.45, 7) is -0.0101. The molecule has 0 radical (unpaired) electrons. The Labute approximate surface area is 256 Å². The van der Waals surface area contributed by atoms with Crippen LogP contribution >= 0.6 is 0 Å². The van der Waals surface area contributed by atoms with Gasteiger partial charge in [-0.15, -0.1) is 0 Å². The van der Waals surface area contributed by atoms with E-state index in [2.05, 4.69) is 15.0 Å². The van der Waals surface area contributed by atoms with E-state index in [4.69, 9.17) is 10.5 Å². The van der Waals surface area contributed by atoms with Gasteiger partial charge in [0, 0.05) is 23.9 Å². The Morgan fingerprint density at radius 3 is 2.77 bits per heavy atom. The number of aliphatic hydroxyl groups excluding tert-OH is 1. The molecule has 1 aromatic heterocycles. The third kappa shape index (κ3) is 6.18. The Hall–Kier alpha value is -3.55. The third-order valence-electron chi connectivity index (χ3n) is 9.14. The largest absolute Gasteiger partial charge is 0.472 e. The van der Waals surface area contributed by atoms with Crippen LogP contribution in [0, 0.1) is 5.92 Å². The minimum atomic E-state index is -3.83. The average Bonchev–Trinajstić information content (AvgIpc) is 3.93. The second-order valence-corrected chi connectivity index (χ2v) is 14.4. The van der Waals surface area contributed by atoms with Crippen LogP contribution in [0.15, 0.2) is 42.6 Å². The van der Waals surface area contributed by atoms with Crippen LogP contribution in [0.1, 0.15) is 63.4 Å². The van der Waals surface area contributed by atoms with Gasteiger partial charge in [-0.3, -0.25) is 19.1 Å². The summed E-state index contributed by atoms with van der Waals surface area (Å²) >= 11 is 0. The van der Waals surface area contributed by atoms with Gasteiger partial charge in [0.1, 0.15) is 17.7 Å². The maximum Gasteiger partial charge on any atom is 0.259 e. The highest BCUT2D eigenvalue weighted by Gasteiger charge is 2.62. The van der Waals surface area contributed by atoms with E-state index in [9.17, 15) is 27.9 Å². The Morgan fingerprint density at radius 2 is 2.00 bits per heavy atom. The third-order valence-corrected chi connectivity index (χ3v) is 11.0. The molecular weight excluding hydrogens is 586 g/mol. The summed E-state index contributed by atoms with van der Waals surface area (Å²) in [5.41, 5.74) is 5.65. The predicted octanol–water partition coefficient (Wildman–Crippen LogP) is 1.41. The van der Waals surface area contributed by atoms with Crippen molar-refractivity contribution in [2.45, 2.75) is 93.4 Å². The molecule has 2 aliphatic carbocycles. The number of aliphatic hydroxyl groups is 1. The Bertz CT molecular complexity index is 1590. The van der Waals surface area contributed by atoms with Gasteiger partial charge in [-0.25, -0.2) is 13.4 Å². The molecule has 2 aromatic rings. The monoisotopic (exact) mass is 625 g/mol. The predicted molar refractivity (Wildman–Crippen MR) is 161 cm³/mol. The second kappa shape index (κ2) is 12.1. The molecule has 5 N–H and O–H groups in total. The van der Waals surface area contributed by atoms with Crippen molar-refractivity contribution in [3.05, 3.63) is 48.2 Å². The Kier molecular flexibility index (Phi) is 8.38. The van der Waals surface area contributed by atoms with Crippen molar-refractivity contribution in [2.75, 3.05) is 6.54 Å². The van der Waals surface area contributed by atoms with Crippen molar-refractivity contribution in [1.82, 2.24) is 19.9 Å². The van der Waals surface area contributed by atoms with Crippen molar-refractivity contribution >= 4 is 38.5 Å². The lowest BCUT2D eigenvalue weighted by Gasteiger charge is -2.28. The van der Waals surface area contributed by atoms with E-state index in [-0.39, 0.29) is 37.8 Å². The number of hydrogen-bond donors (Lipinski definition) is 4. The Balaban J connectivity index is 1.27. The van der Waals surface area contributed by atoms with Crippen LogP contribution in [0.3, 0.4) is 0 Å². The number of carbonyl (C=O) groups excluding carboxylic acids is 3. The van der Waals surface area contributed by atoms with E-state index < -0.39 is 50.8 Å². The van der Waals surface area contributed by atoms with Crippen molar-refractivity contribution in [1.29, 1.82) is 0 Å². The molecular formula is C31H39N5O7S. The highest BCUT2D eigenvalue weighted by Crippen LogP contribution is 2.46. The van der Waals surface area contributed by atoms with Crippen LogP contribution in [-0.2, 0) is 31.0 Å². The highest BCUT2D eigenvalue weighted by atomic mass is 32.2. The highest BCUT2D eigenvalue weighted by molar-refractivity contribution is 7.91. The van der Waals surface area contributed by atoms with Crippen LogP contribution in [0.2, 0.25) is 0 Å². The van der Waals surface area contributed by atoms with E-state index in [0.29, 0.717) is 25.1 Å². The van der Waals surface area contributed by atoms with Crippen molar-refractivity contribution in [3.63, 3.8) is 0 Å². The normalized spacial score (nSPS) is 30.4. The zero-order valence-corrected chi connectivity index (χ0v) is 25.3. The van der Waals surface area contributed by atoms with Gasteiger partial charge in [-0.2, -0.15) is 0 Å². The second-order valence-electron chi connectivity index (χ2n) is 12.4.